The molecule has 2 fully saturated rings. The van der Waals surface area contributed by atoms with Gasteiger partial charge in [-0.05, 0) is 85.6 Å². The number of rotatable bonds is 14. The number of esters is 5. The Balaban J connectivity index is 1.03. The van der Waals surface area contributed by atoms with Crippen LogP contribution in [0.15, 0.2) is 85.5 Å². The Labute approximate surface area is 297 Å². The molecule has 0 N–H and O–H groups in total. The van der Waals surface area contributed by atoms with Crippen LogP contribution in [-0.4, -0.2) is 86.8 Å². The maximum absolute atomic E-state index is 12.7. The summed E-state index contributed by atoms with van der Waals surface area (Å²) in [6, 6.07) is 17.0. The minimum Gasteiger partial charge on any atom is -0.463 e. The van der Waals surface area contributed by atoms with Crippen molar-refractivity contribution < 1.29 is 71.4 Å². The molecule has 2 heterocycles. The number of fused-ring (bicyclic) bond motifs is 1. The average Bonchev–Trinajstić information content (AvgIpc) is 3.72. The van der Waals surface area contributed by atoms with Crippen LogP contribution in [0, 0.1) is 0 Å². The molecule has 15 heteroatoms. The van der Waals surface area contributed by atoms with Crippen LogP contribution in [-0.2, 0) is 38.0 Å². The third-order valence-corrected chi connectivity index (χ3v) is 7.60. The molecule has 2 aliphatic heterocycles. The lowest BCUT2D eigenvalue weighted by atomic mass is 10.1. The van der Waals surface area contributed by atoms with Crippen molar-refractivity contribution in [2.24, 2.45) is 0 Å². The molecule has 3 aromatic carbocycles. The Hall–Kier alpha value is -6.06. The van der Waals surface area contributed by atoms with E-state index in [0.717, 1.165) is 6.08 Å². The van der Waals surface area contributed by atoms with Gasteiger partial charge < -0.3 is 42.6 Å². The van der Waals surface area contributed by atoms with E-state index >= 15 is 0 Å². The molecule has 272 valence electrons. The quantitative estimate of drug-likeness (QED) is 0.0570. The Kier molecular flexibility index (Phi) is 12.7. The van der Waals surface area contributed by atoms with Gasteiger partial charge in [-0.25, -0.2) is 24.0 Å². The number of ether oxygens (including phenoxy) is 9. The number of benzene rings is 3. The summed E-state index contributed by atoms with van der Waals surface area (Å²) in [7, 11) is 0. The minimum absolute atomic E-state index is 0.0645. The van der Waals surface area contributed by atoms with Crippen LogP contribution in [0.25, 0.3) is 0 Å². The fraction of sp³-hybridized carbons (Fsp3) is 0.297. The zero-order valence-corrected chi connectivity index (χ0v) is 27.9. The van der Waals surface area contributed by atoms with Crippen LogP contribution in [0.5, 0.6) is 17.2 Å². The second-order valence-corrected chi connectivity index (χ2v) is 11.3. The van der Waals surface area contributed by atoms with Crippen LogP contribution in [0.4, 0.5) is 4.79 Å². The van der Waals surface area contributed by atoms with Gasteiger partial charge in [-0.3, -0.25) is 4.79 Å². The number of carbonyl (C=O) groups excluding carboxylic acids is 6. The Morgan fingerprint density at radius 2 is 1.04 bits per heavy atom. The SMILES string of the molecule is C=CC(=O)OCCCCOC(=O)Oc1ccc(C(=O)Oc2ccc(C(=O)Oc3ccc(C(=O)O[C@H]4COC5C4OC[C@H]5OC(C)=O)cc3)cc2)cc1. The van der Waals surface area contributed by atoms with Gasteiger partial charge in [0.05, 0.1) is 43.1 Å². The van der Waals surface area contributed by atoms with Gasteiger partial charge in [-0.15, -0.1) is 0 Å². The van der Waals surface area contributed by atoms with E-state index in [1.807, 2.05) is 0 Å². The van der Waals surface area contributed by atoms with E-state index in [9.17, 15) is 28.8 Å². The predicted molar refractivity (Wildman–Crippen MR) is 176 cm³/mol. The minimum atomic E-state index is -0.930. The lowest BCUT2D eigenvalue weighted by Crippen LogP contribution is -2.35. The molecule has 3 aromatic rings. The van der Waals surface area contributed by atoms with Gasteiger partial charge in [0.1, 0.15) is 29.5 Å². The molecule has 4 atom stereocenters. The first-order valence-electron chi connectivity index (χ1n) is 16.1. The van der Waals surface area contributed by atoms with Gasteiger partial charge in [0, 0.05) is 13.0 Å². The highest BCUT2D eigenvalue weighted by atomic mass is 16.7. The highest BCUT2D eigenvalue weighted by Crippen LogP contribution is 2.31. The zero-order valence-electron chi connectivity index (χ0n) is 27.9. The van der Waals surface area contributed by atoms with E-state index in [1.54, 1.807) is 0 Å². The second kappa shape index (κ2) is 17.7. The summed E-state index contributed by atoms with van der Waals surface area (Å²) >= 11 is 0. The molecular weight excluding hydrogens is 684 g/mol. The first kappa shape index (κ1) is 37.2. The van der Waals surface area contributed by atoms with Crippen molar-refractivity contribution in [2.75, 3.05) is 26.4 Å². The summed E-state index contributed by atoms with van der Waals surface area (Å²) in [5, 5.41) is 0. The van der Waals surface area contributed by atoms with E-state index < -0.39 is 60.4 Å². The molecule has 0 aliphatic carbocycles. The normalized spacial score (nSPS) is 18.6. The van der Waals surface area contributed by atoms with Crippen molar-refractivity contribution in [3.8, 4) is 17.2 Å². The van der Waals surface area contributed by atoms with Gasteiger partial charge >= 0.3 is 36.0 Å². The van der Waals surface area contributed by atoms with Gasteiger partial charge in [0.25, 0.3) is 0 Å². The molecule has 15 nitrogen and oxygen atoms in total. The van der Waals surface area contributed by atoms with Crippen molar-refractivity contribution in [3.05, 3.63) is 102 Å². The molecule has 0 spiro atoms. The maximum Gasteiger partial charge on any atom is 0.513 e. The summed E-state index contributed by atoms with van der Waals surface area (Å²) in [5.41, 5.74) is 0.556. The van der Waals surface area contributed by atoms with Crippen molar-refractivity contribution >= 4 is 36.0 Å². The van der Waals surface area contributed by atoms with E-state index in [1.165, 1.54) is 79.7 Å². The molecule has 52 heavy (non-hydrogen) atoms. The largest absolute Gasteiger partial charge is 0.513 e. The van der Waals surface area contributed by atoms with Crippen LogP contribution in [0.2, 0.25) is 0 Å². The number of hydrogen-bond donors (Lipinski definition) is 0. The third kappa shape index (κ3) is 10.2. The molecule has 0 radical (unpaired) electrons. The monoisotopic (exact) mass is 718 g/mol. The van der Waals surface area contributed by atoms with Gasteiger partial charge in [0.15, 0.2) is 12.2 Å². The lowest BCUT2D eigenvalue weighted by molar-refractivity contribution is -0.151. The van der Waals surface area contributed by atoms with Crippen molar-refractivity contribution in [2.45, 2.75) is 44.2 Å². The maximum atomic E-state index is 12.7. The van der Waals surface area contributed by atoms with Gasteiger partial charge in [-0.1, -0.05) is 6.58 Å². The topological polar surface area (TPSA) is 185 Å². The summed E-state index contributed by atoms with van der Waals surface area (Å²) in [5.74, 6) is -2.51. The van der Waals surface area contributed by atoms with Crippen LogP contribution >= 0.6 is 0 Å². The van der Waals surface area contributed by atoms with Crippen LogP contribution in [0.1, 0.15) is 50.8 Å². The number of carbonyl (C=O) groups is 6. The van der Waals surface area contributed by atoms with E-state index in [-0.39, 0.29) is 60.4 Å². The van der Waals surface area contributed by atoms with Crippen molar-refractivity contribution in [3.63, 3.8) is 0 Å². The molecular formula is C37H34O15. The Morgan fingerprint density at radius 1 is 0.615 bits per heavy atom. The van der Waals surface area contributed by atoms with Gasteiger partial charge in [-0.2, -0.15) is 0 Å². The van der Waals surface area contributed by atoms with Gasteiger partial charge in [0.2, 0.25) is 0 Å². The highest BCUT2D eigenvalue weighted by Gasteiger charge is 2.51. The molecule has 2 aliphatic rings. The fourth-order valence-corrected chi connectivity index (χ4v) is 5.08. The van der Waals surface area contributed by atoms with E-state index in [4.69, 9.17) is 42.6 Å². The highest BCUT2D eigenvalue weighted by molar-refractivity contribution is 5.93. The second-order valence-electron chi connectivity index (χ2n) is 11.3. The first-order valence-corrected chi connectivity index (χ1v) is 16.1. The molecule has 2 saturated heterocycles. The lowest BCUT2D eigenvalue weighted by Gasteiger charge is -2.17. The van der Waals surface area contributed by atoms with E-state index in [0.29, 0.717) is 12.8 Å². The summed E-state index contributed by atoms with van der Waals surface area (Å²) in [6.07, 6.45) is -1.23. The first-order chi connectivity index (χ1) is 25.1. The summed E-state index contributed by atoms with van der Waals surface area (Å²) in [4.78, 5) is 72.2. The molecule has 5 rings (SSSR count). The molecule has 0 bridgehead atoms. The van der Waals surface area contributed by atoms with Crippen LogP contribution < -0.4 is 14.2 Å². The molecule has 2 unspecified atom stereocenters. The third-order valence-electron chi connectivity index (χ3n) is 7.60. The molecule has 0 aromatic heterocycles. The van der Waals surface area contributed by atoms with E-state index in [2.05, 4.69) is 6.58 Å². The average molecular weight is 719 g/mol. The molecule has 0 saturated carbocycles. The summed E-state index contributed by atoms with van der Waals surface area (Å²) < 4.78 is 47.7. The fourth-order valence-electron chi connectivity index (χ4n) is 5.08. The Morgan fingerprint density at radius 3 is 1.50 bits per heavy atom. The smallest absolute Gasteiger partial charge is 0.463 e. The summed E-state index contributed by atoms with van der Waals surface area (Å²) in [6.45, 7) is 5.07. The van der Waals surface area contributed by atoms with Crippen LogP contribution in [0.3, 0.4) is 0 Å². The number of hydrogen-bond acceptors (Lipinski definition) is 15. The zero-order chi connectivity index (χ0) is 37.0. The standard InChI is InChI=1S/C37H34O15/c1-3-31(39)44-18-4-5-19-45-37(43)51-28-16-10-24(11-17-28)35(41)49-26-12-6-23(7-13-26)34(40)50-27-14-8-25(9-15-27)36(42)52-30-21-47-32-29(48-22(2)38)20-46-33(30)32/h3,6-17,29-30,32-33H,1,4-5,18-21H2,2H3/t29-,30+,32?,33?/m1/s1. The van der Waals surface area contributed by atoms with Crippen molar-refractivity contribution in [1.82, 2.24) is 0 Å². The van der Waals surface area contributed by atoms with Crippen molar-refractivity contribution in [1.29, 1.82) is 0 Å². The number of unbranched alkanes of at least 4 members (excludes halogenated alkanes) is 1. The predicted octanol–water partition coefficient (Wildman–Crippen LogP) is 4.40. The molecule has 0 amide bonds. The Bertz CT molecular complexity index is 1770.